The predicted octanol–water partition coefficient (Wildman–Crippen LogP) is 5.23. The number of thioether (sulfide) groups is 1. The second kappa shape index (κ2) is 5.97. The van der Waals surface area contributed by atoms with Crippen LogP contribution < -0.4 is 5.73 Å². The lowest BCUT2D eigenvalue weighted by molar-refractivity contribution is -0.137. The summed E-state index contributed by atoms with van der Waals surface area (Å²) in [5.74, 6) is 0.397. The Hall–Kier alpha value is -1.33. The van der Waals surface area contributed by atoms with Crippen LogP contribution in [-0.4, -0.2) is 0 Å². The maximum atomic E-state index is 12.6. The summed E-state index contributed by atoms with van der Waals surface area (Å²) in [6.07, 6.45) is -4.32. The number of nitrogen functional groups attached to an aromatic ring is 1. The highest BCUT2D eigenvalue weighted by atomic mass is 35.5. The van der Waals surface area contributed by atoms with Gasteiger partial charge in [0.05, 0.1) is 5.56 Å². The van der Waals surface area contributed by atoms with Gasteiger partial charge in [-0.05, 0) is 29.8 Å². The third-order valence-corrected chi connectivity index (χ3v) is 4.00. The van der Waals surface area contributed by atoms with Crippen LogP contribution in [0.1, 0.15) is 11.1 Å². The van der Waals surface area contributed by atoms with Crippen LogP contribution in [-0.2, 0) is 11.9 Å². The molecule has 2 aromatic carbocycles. The molecule has 0 saturated heterocycles. The van der Waals surface area contributed by atoms with Crippen molar-refractivity contribution in [2.45, 2.75) is 16.8 Å². The Bertz CT molecular complexity index is 614. The monoisotopic (exact) mass is 317 g/mol. The fourth-order valence-electron chi connectivity index (χ4n) is 1.63. The van der Waals surface area contributed by atoms with Crippen molar-refractivity contribution in [2.24, 2.45) is 0 Å². The lowest BCUT2D eigenvalue weighted by Gasteiger charge is -2.09. The molecule has 0 aliphatic heterocycles. The molecule has 2 N–H and O–H groups in total. The van der Waals surface area contributed by atoms with E-state index in [4.69, 9.17) is 17.3 Å². The van der Waals surface area contributed by atoms with Crippen LogP contribution in [0.4, 0.5) is 18.9 Å². The zero-order valence-electron chi connectivity index (χ0n) is 10.2. The van der Waals surface area contributed by atoms with E-state index in [1.165, 1.54) is 17.8 Å². The fraction of sp³-hybridized carbons (Fsp3) is 0.143. The highest BCUT2D eigenvalue weighted by Crippen LogP contribution is 2.33. The van der Waals surface area contributed by atoms with Gasteiger partial charge in [-0.3, -0.25) is 0 Å². The van der Waals surface area contributed by atoms with E-state index in [9.17, 15) is 13.2 Å². The number of rotatable bonds is 3. The summed E-state index contributed by atoms with van der Waals surface area (Å²) in [4.78, 5) is 0.759. The maximum Gasteiger partial charge on any atom is 0.416 e. The Labute approximate surface area is 123 Å². The first-order valence-electron chi connectivity index (χ1n) is 5.70. The largest absolute Gasteiger partial charge is 0.416 e. The molecule has 0 bridgehead atoms. The van der Waals surface area contributed by atoms with E-state index >= 15 is 0 Å². The molecule has 0 fully saturated rings. The van der Waals surface area contributed by atoms with Crippen LogP contribution in [0, 0.1) is 0 Å². The first-order valence-corrected chi connectivity index (χ1v) is 7.06. The maximum absolute atomic E-state index is 12.6. The predicted molar refractivity (Wildman–Crippen MR) is 76.9 cm³/mol. The molecule has 0 spiro atoms. The summed E-state index contributed by atoms with van der Waals surface area (Å²) in [6, 6.07) is 10.3. The van der Waals surface area contributed by atoms with Crippen molar-refractivity contribution in [3.63, 3.8) is 0 Å². The first kappa shape index (κ1) is 15.1. The van der Waals surface area contributed by atoms with Gasteiger partial charge in [-0.15, -0.1) is 11.8 Å². The van der Waals surface area contributed by atoms with E-state index in [0.29, 0.717) is 22.0 Å². The van der Waals surface area contributed by atoms with Crippen LogP contribution >= 0.6 is 23.4 Å². The number of alkyl halides is 3. The molecule has 0 heterocycles. The molecule has 0 aliphatic carbocycles. The number of halogens is 4. The Kier molecular flexibility index (Phi) is 4.50. The summed E-state index contributed by atoms with van der Waals surface area (Å²) in [5.41, 5.74) is 6.30. The van der Waals surface area contributed by atoms with Crippen LogP contribution in [0.25, 0.3) is 0 Å². The second-order valence-corrected chi connectivity index (χ2v) is 5.62. The molecule has 20 heavy (non-hydrogen) atoms. The lowest BCUT2D eigenvalue weighted by Crippen LogP contribution is -2.04. The summed E-state index contributed by atoms with van der Waals surface area (Å²) >= 11 is 7.22. The minimum Gasteiger partial charge on any atom is -0.398 e. The molecular formula is C14H11ClF3NS. The molecule has 0 saturated carbocycles. The van der Waals surface area contributed by atoms with Crippen LogP contribution in [0.5, 0.6) is 0 Å². The van der Waals surface area contributed by atoms with Crippen molar-refractivity contribution >= 4 is 29.1 Å². The van der Waals surface area contributed by atoms with Crippen molar-refractivity contribution in [3.8, 4) is 0 Å². The zero-order chi connectivity index (χ0) is 14.8. The van der Waals surface area contributed by atoms with Gasteiger partial charge in [0.25, 0.3) is 0 Å². The van der Waals surface area contributed by atoms with Crippen LogP contribution in [0.15, 0.2) is 47.4 Å². The highest BCUT2D eigenvalue weighted by Gasteiger charge is 2.30. The summed E-state index contributed by atoms with van der Waals surface area (Å²) in [5, 5.41) is 0.547. The normalized spacial score (nSPS) is 11.6. The number of nitrogens with two attached hydrogens (primary N) is 1. The minimum absolute atomic E-state index is 0.397. The van der Waals surface area contributed by atoms with E-state index in [1.54, 1.807) is 24.3 Å². The summed E-state index contributed by atoms with van der Waals surface area (Å²) in [7, 11) is 0. The molecule has 1 nitrogen and oxygen atoms in total. The van der Waals surface area contributed by atoms with E-state index in [2.05, 4.69) is 0 Å². The summed E-state index contributed by atoms with van der Waals surface area (Å²) in [6.45, 7) is 0. The third kappa shape index (κ3) is 3.84. The fourth-order valence-corrected chi connectivity index (χ4v) is 2.82. The molecule has 0 aromatic heterocycles. The van der Waals surface area contributed by atoms with Crippen molar-refractivity contribution in [3.05, 3.63) is 58.6 Å². The van der Waals surface area contributed by atoms with Crippen LogP contribution in [0.2, 0.25) is 5.02 Å². The van der Waals surface area contributed by atoms with Crippen molar-refractivity contribution < 1.29 is 13.2 Å². The summed E-state index contributed by atoms with van der Waals surface area (Å²) < 4.78 is 37.8. The smallest absolute Gasteiger partial charge is 0.398 e. The van der Waals surface area contributed by atoms with Crippen molar-refractivity contribution in [1.29, 1.82) is 0 Å². The van der Waals surface area contributed by atoms with Gasteiger partial charge < -0.3 is 5.73 Å². The minimum atomic E-state index is -4.32. The number of benzene rings is 2. The zero-order valence-corrected chi connectivity index (χ0v) is 11.8. The van der Waals surface area contributed by atoms with Crippen molar-refractivity contribution in [1.82, 2.24) is 0 Å². The molecule has 0 unspecified atom stereocenters. The average molecular weight is 318 g/mol. The van der Waals surface area contributed by atoms with E-state index < -0.39 is 11.7 Å². The van der Waals surface area contributed by atoms with Gasteiger partial charge >= 0.3 is 6.18 Å². The SMILES string of the molecule is Nc1ccc(Cl)cc1SCc1cccc(C(F)(F)F)c1. The molecular weight excluding hydrogens is 307 g/mol. The standard InChI is InChI=1S/C14H11ClF3NS/c15-11-4-5-12(19)13(7-11)20-8-9-2-1-3-10(6-9)14(16,17)18/h1-7H,8,19H2. The molecule has 0 radical (unpaired) electrons. The van der Waals surface area contributed by atoms with E-state index in [0.717, 1.165) is 17.0 Å². The van der Waals surface area contributed by atoms with Gasteiger partial charge in [0.2, 0.25) is 0 Å². The molecule has 106 valence electrons. The Morgan fingerprint density at radius 3 is 2.55 bits per heavy atom. The number of anilines is 1. The molecule has 0 amide bonds. The highest BCUT2D eigenvalue weighted by molar-refractivity contribution is 7.98. The second-order valence-electron chi connectivity index (χ2n) is 4.17. The number of hydrogen-bond acceptors (Lipinski definition) is 2. The average Bonchev–Trinajstić information content (AvgIpc) is 2.39. The Morgan fingerprint density at radius 1 is 1.10 bits per heavy atom. The number of hydrogen-bond donors (Lipinski definition) is 1. The van der Waals surface area contributed by atoms with Gasteiger partial charge in [-0.2, -0.15) is 13.2 Å². The topological polar surface area (TPSA) is 26.0 Å². The van der Waals surface area contributed by atoms with Gasteiger partial charge in [-0.1, -0.05) is 29.8 Å². The van der Waals surface area contributed by atoms with Gasteiger partial charge in [0.15, 0.2) is 0 Å². The Balaban J connectivity index is 2.13. The quantitative estimate of drug-likeness (QED) is 0.619. The molecule has 0 aliphatic rings. The van der Waals surface area contributed by atoms with Gasteiger partial charge in [0.1, 0.15) is 0 Å². The first-order chi connectivity index (χ1) is 9.36. The molecule has 2 aromatic rings. The van der Waals surface area contributed by atoms with Gasteiger partial charge in [-0.25, -0.2) is 0 Å². The van der Waals surface area contributed by atoms with Gasteiger partial charge in [0, 0.05) is 21.4 Å². The molecule has 6 heteroatoms. The van der Waals surface area contributed by atoms with Crippen LogP contribution in [0.3, 0.4) is 0 Å². The Morgan fingerprint density at radius 2 is 1.85 bits per heavy atom. The lowest BCUT2D eigenvalue weighted by atomic mass is 10.1. The van der Waals surface area contributed by atoms with E-state index in [-0.39, 0.29) is 0 Å². The molecule has 0 atom stereocenters. The van der Waals surface area contributed by atoms with Crippen molar-refractivity contribution in [2.75, 3.05) is 5.73 Å². The third-order valence-electron chi connectivity index (χ3n) is 2.62. The van der Waals surface area contributed by atoms with E-state index in [1.807, 2.05) is 0 Å². The molecule has 2 rings (SSSR count).